The smallest absolute Gasteiger partial charge is 0.207 e. The fourth-order valence-electron chi connectivity index (χ4n) is 1.74. The lowest BCUT2D eigenvalue weighted by Gasteiger charge is -2.31. The lowest BCUT2D eigenvalue weighted by atomic mass is 9.86. The highest BCUT2D eigenvalue weighted by atomic mass is 35.5. The van der Waals surface area contributed by atoms with Gasteiger partial charge in [0, 0.05) is 11.9 Å². The van der Waals surface area contributed by atoms with Crippen molar-refractivity contribution in [3.05, 3.63) is 28.0 Å². The van der Waals surface area contributed by atoms with E-state index < -0.39 is 26.9 Å². The second kappa shape index (κ2) is 7.01. The fraction of sp³-hybridized carbons (Fsp3) is 0.538. The Bertz CT molecular complexity index is 615. The van der Waals surface area contributed by atoms with E-state index in [1.54, 1.807) is 0 Å². The van der Waals surface area contributed by atoms with Crippen molar-refractivity contribution in [2.75, 3.05) is 5.88 Å². The number of nitrogens with one attached hydrogen (secondary N) is 1. The molecule has 0 spiro atoms. The average Bonchev–Trinajstić information content (AvgIpc) is 2.34. The van der Waals surface area contributed by atoms with Crippen LogP contribution in [0, 0.1) is 11.2 Å². The maximum Gasteiger partial charge on any atom is 0.242 e. The first-order valence-corrected chi connectivity index (χ1v) is 9.00. The molecule has 21 heavy (non-hydrogen) atoms. The number of hydrogen-bond acceptors (Lipinski definition) is 2. The van der Waals surface area contributed by atoms with Crippen LogP contribution in [0.25, 0.3) is 0 Å². The van der Waals surface area contributed by atoms with Crippen LogP contribution in [-0.2, 0) is 10.0 Å². The first-order valence-electron chi connectivity index (χ1n) is 6.22. The third-order valence-electron chi connectivity index (χ3n) is 3.03. The van der Waals surface area contributed by atoms with Crippen molar-refractivity contribution < 1.29 is 12.8 Å². The Morgan fingerprint density at radius 2 is 1.86 bits per heavy atom. The maximum atomic E-state index is 13.7. The summed E-state index contributed by atoms with van der Waals surface area (Å²) in [7, 11) is -3.97. The van der Waals surface area contributed by atoms with E-state index in [4.69, 9.17) is 34.8 Å². The summed E-state index contributed by atoms with van der Waals surface area (Å²) < 4.78 is 41.0. The second-order valence-corrected chi connectivity index (χ2v) is 8.54. The van der Waals surface area contributed by atoms with E-state index >= 15 is 0 Å². The molecule has 0 saturated carbocycles. The van der Waals surface area contributed by atoms with Crippen LogP contribution in [0.2, 0.25) is 10.0 Å². The van der Waals surface area contributed by atoms with Crippen LogP contribution in [-0.4, -0.2) is 20.3 Å². The quantitative estimate of drug-likeness (QED) is 0.609. The molecule has 120 valence electrons. The molecule has 0 amide bonds. The Hall–Kier alpha value is -0.0700. The van der Waals surface area contributed by atoms with E-state index in [9.17, 15) is 12.8 Å². The molecule has 3 nitrogen and oxygen atoms in total. The summed E-state index contributed by atoms with van der Waals surface area (Å²) in [6.45, 7) is 5.66. The standard InChI is InChI=1S/C13H17Cl3FNO2S/c1-13(2,3)10(6-7-14)18-21(19,20)9-5-4-8(15)12(17)11(9)16/h4-5,10,18H,6-7H2,1-3H3. The highest BCUT2D eigenvalue weighted by Crippen LogP contribution is 2.31. The number of hydrogen-bond donors (Lipinski definition) is 1. The monoisotopic (exact) mass is 375 g/mol. The summed E-state index contributed by atoms with van der Waals surface area (Å²) in [6.07, 6.45) is 0.442. The van der Waals surface area contributed by atoms with Gasteiger partial charge in [0.15, 0.2) is 5.82 Å². The van der Waals surface area contributed by atoms with Crippen LogP contribution in [0.4, 0.5) is 4.39 Å². The van der Waals surface area contributed by atoms with Crippen LogP contribution in [0.3, 0.4) is 0 Å². The number of benzene rings is 1. The lowest BCUT2D eigenvalue weighted by molar-refractivity contribution is 0.292. The van der Waals surface area contributed by atoms with E-state index in [0.717, 1.165) is 6.07 Å². The summed E-state index contributed by atoms with van der Waals surface area (Å²) in [5, 5.41) is -0.749. The molecule has 0 saturated heterocycles. The van der Waals surface area contributed by atoms with Gasteiger partial charge in [0.1, 0.15) is 4.90 Å². The average molecular weight is 377 g/mol. The minimum absolute atomic E-state index is 0.230. The van der Waals surface area contributed by atoms with Crippen molar-refractivity contribution in [2.45, 2.75) is 38.1 Å². The van der Waals surface area contributed by atoms with Crippen molar-refractivity contribution in [3.63, 3.8) is 0 Å². The zero-order chi connectivity index (χ0) is 16.4. The van der Waals surface area contributed by atoms with Gasteiger partial charge in [-0.25, -0.2) is 17.5 Å². The Kier molecular flexibility index (Phi) is 6.33. The van der Waals surface area contributed by atoms with Gasteiger partial charge in [-0.05, 0) is 24.0 Å². The highest BCUT2D eigenvalue weighted by molar-refractivity contribution is 7.89. The summed E-state index contributed by atoms with van der Waals surface area (Å²) in [5.74, 6) is -0.654. The van der Waals surface area contributed by atoms with Gasteiger partial charge in [-0.3, -0.25) is 0 Å². The maximum absolute atomic E-state index is 13.7. The summed E-state index contributed by atoms with van der Waals surface area (Å²) in [4.78, 5) is -0.338. The lowest BCUT2D eigenvalue weighted by Crippen LogP contribution is -2.44. The Morgan fingerprint density at radius 1 is 1.29 bits per heavy atom. The molecule has 0 fully saturated rings. The Morgan fingerprint density at radius 3 is 2.33 bits per heavy atom. The highest BCUT2D eigenvalue weighted by Gasteiger charge is 2.31. The van der Waals surface area contributed by atoms with Gasteiger partial charge in [-0.2, -0.15) is 0 Å². The zero-order valence-corrected chi connectivity index (χ0v) is 15.0. The van der Waals surface area contributed by atoms with Gasteiger partial charge < -0.3 is 0 Å². The fourth-order valence-corrected chi connectivity index (χ4v) is 4.18. The molecule has 1 N–H and O–H groups in total. The second-order valence-electron chi connectivity index (χ2n) is 5.69. The topological polar surface area (TPSA) is 46.2 Å². The van der Waals surface area contributed by atoms with Crippen LogP contribution < -0.4 is 4.72 Å². The predicted octanol–water partition coefficient (Wildman–Crippen LogP) is 4.45. The van der Waals surface area contributed by atoms with Crippen LogP contribution in [0.1, 0.15) is 27.2 Å². The van der Waals surface area contributed by atoms with Crippen molar-refractivity contribution >= 4 is 44.8 Å². The van der Waals surface area contributed by atoms with Crippen molar-refractivity contribution in [3.8, 4) is 0 Å². The molecule has 1 aromatic carbocycles. The van der Waals surface area contributed by atoms with Crippen molar-refractivity contribution in [1.29, 1.82) is 0 Å². The third kappa shape index (κ3) is 4.70. The van der Waals surface area contributed by atoms with Gasteiger partial charge in [-0.15, -0.1) is 11.6 Å². The number of rotatable bonds is 5. The summed E-state index contributed by atoms with van der Waals surface area (Å²) in [5.41, 5.74) is -0.348. The largest absolute Gasteiger partial charge is 0.242 e. The molecule has 1 aromatic rings. The number of sulfonamides is 1. The third-order valence-corrected chi connectivity index (χ3v) is 5.54. The molecule has 0 aliphatic rings. The van der Waals surface area contributed by atoms with E-state index in [1.165, 1.54) is 6.07 Å². The number of halogens is 4. The summed E-state index contributed by atoms with van der Waals surface area (Å²) >= 11 is 17.0. The Balaban J connectivity index is 3.20. The minimum atomic E-state index is -3.97. The first-order chi connectivity index (χ1) is 9.50. The molecular formula is C13H17Cl3FNO2S. The SMILES string of the molecule is CC(C)(C)C(CCCl)NS(=O)(=O)c1ccc(Cl)c(F)c1Cl. The van der Waals surface area contributed by atoms with Crippen LogP contribution in [0.5, 0.6) is 0 Å². The molecule has 0 aromatic heterocycles. The molecule has 0 bridgehead atoms. The van der Waals surface area contributed by atoms with E-state index in [1.807, 2.05) is 20.8 Å². The molecule has 0 aliphatic carbocycles. The molecule has 0 radical (unpaired) electrons. The van der Waals surface area contributed by atoms with Gasteiger partial charge in [0.05, 0.1) is 10.0 Å². The van der Waals surface area contributed by atoms with Crippen LogP contribution >= 0.6 is 34.8 Å². The molecular weight excluding hydrogens is 360 g/mol. The van der Waals surface area contributed by atoms with Crippen molar-refractivity contribution in [1.82, 2.24) is 4.72 Å². The van der Waals surface area contributed by atoms with Crippen LogP contribution in [0.15, 0.2) is 17.0 Å². The van der Waals surface area contributed by atoms with E-state index in [-0.39, 0.29) is 15.3 Å². The van der Waals surface area contributed by atoms with Gasteiger partial charge >= 0.3 is 0 Å². The van der Waals surface area contributed by atoms with Gasteiger partial charge in [0.2, 0.25) is 10.0 Å². The molecule has 0 aliphatic heterocycles. The van der Waals surface area contributed by atoms with E-state index in [0.29, 0.717) is 12.3 Å². The predicted molar refractivity (Wildman–Crippen MR) is 85.3 cm³/mol. The van der Waals surface area contributed by atoms with Crippen molar-refractivity contribution in [2.24, 2.45) is 5.41 Å². The molecule has 1 unspecified atom stereocenters. The first kappa shape index (κ1) is 19.0. The Labute approximate surface area is 139 Å². The number of alkyl halides is 1. The molecule has 1 rings (SSSR count). The summed E-state index contributed by atoms with van der Waals surface area (Å²) in [6, 6.07) is 1.93. The zero-order valence-electron chi connectivity index (χ0n) is 11.9. The van der Waals surface area contributed by atoms with E-state index in [2.05, 4.69) is 4.72 Å². The molecule has 1 atom stereocenters. The van der Waals surface area contributed by atoms with Gasteiger partial charge in [0.25, 0.3) is 0 Å². The normalized spacial score (nSPS) is 14.2. The molecule has 0 heterocycles. The minimum Gasteiger partial charge on any atom is -0.207 e. The molecule has 8 heteroatoms. The van der Waals surface area contributed by atoms with Gasteiger partial charge in [-0.1, -0.05) is 44.0 Å².